The molecule has 0 bridgehead atoms. The highest BCUT2D eigenvalue weighted by molar-refractivity contribution is 5.91. The van der Waals surface area contributed by atoms with Crippen LogP contribution in [0.1, 0.15) is 5.56 Å². The van der Waals surface area contributed by atoms with Gasteiger partial charge in [0.05, 0.1) is 11.6 Å². The summed E-state index contributed by atoms with van der Waals surface area (Å²) in [5, 5.41) is 8.29. The van der Waals surface area contributed by atoms with Gasteiger partial charge in [-0.2, -0.15) is 5.10 Å². The van der Waals surface area contributed by atoms with Crippen molar-refractivity contribution in [3.8, 4) is 0 Å². The summed E-state index contributed by atoms with van der Waals surface area (Å²) in [7, 11) is 3.94. The molecule has 128 valence electrons. The van der Waals surface area contributed by atoms with E-state index in [1.54, 1.807) is 18.3 Å². The van der Waals surface area contributed by atoms with Crippen LogP contribution in [0.4, 0.5) is 5.69 Å². The molecule has 0 aliphatic rings. The van der Waals surface area contributed by atoms with Crippen LogP contribution in [-0.4, -0.2) is 34.7 Å². The lowest BCUT2D eigenvalue weighted by atomic mass is 10.1. The van der Waals surface area contributed by atoms with Crippen molar-refractivity contribution < 1.29 is 4.79 Å². The third kappa shape index (κ3) is 3.92. The van der Waals surface area contributed by atoms with Gasteiger partial charge in [-0.15, -0.1) is 0 Å². The van der Waals surface area contributed by atoms with Crippen LogP contribution in [0.3, 0.4) is 0 Å². The van der Waals surface area contributed by atoms with Crippen molar-refractivity contribution in [2.24, 2.45) is 0 Å². The van der Waals surface area contributed by atoms with Gasteiger partial charge < -0.3 is 10.2 Å². The third-order valence-corrected chi connectivity index (χ3v) is 3.83. The van der Waals surface area contributed by atoms with Crippen LogP contribution < -0.4 is 10.9 Å². The predicted molar refractivity (Wildman–Crippen MR) is 98.5 cm³/mol. The minimum atomic E-state index is -0.281. The van der Waals surface area contributed by atoms with Crippen molar-refractivity contribution in [1.29, 1.82) is 0 Å². The standard InChI is InChI=1S/C19H20N4O2/c1-22(2)12-15-8-4-6-10-17(15)21-18(24)13-23-19(25)16-9-5-3-7-14(16)11-20-23/h3-11H,12-13H2,1-2H3,(H,21,24). The first kappa shape index (κ1) is 16.9. The number of nitrogens with one attached hydrogen (secondary N) is 1. The van der Waals surface area contributed by atoms with Crippen molar-refractivity contribution >= 4 is 22.4 Å². The second-order valence-electron chi connectivity index (χ2n) is 6.14. The maximum Gasteiger partial charge on any atom is 0.275 e. The number of fused-ring (bicyclic) bond motifs is 1. The molecule has 0 atom stereocenters. The van der Waals surface area contributed by atoms with E-state index < -0.39 is 0 Å². The van der Waals surface area contributed by atoms with Gasteiger partial charge in [-0.1, -0.05) is 36.4 Å². The fraction of sp³-hybridized carbons (Fsp3) is 0.211. The molecule has 0 spiro atoms. The smallest absolute Gasteiger partial charge is 0.275 e. The predicted octanol–water partition coefficient (Wildman–Crippen LogP) is 2.10. The molecule has 0 saturated carbocycles. The van der Waals surface area contributed by atoms with Crippen molar-refractivity contribution in [2.45, 2.75) is 13.1 Å². The van der Waals surface area contributed by atoms with Gasteiger partial charge in [-0.3, -0.25) is 9.59 Å². The van der Waals surface area contributed by atoms with E-state index in [-0.39, 0.29) is 18.0 Å². The Morgan fingerprint density at radius 2 is 1.84 bits per heavy atom. The van der Waals surface area contributed by atoms with Crippen LogP contribution in [0.5, 0.6) is 0 Å². The molecule has 6 nitrogen and oxygen atoms in total. The van der Waals surface area contributed by atoms with E-state index in [1.807, 2.05) is 55.4 Å². The average Bonchev–Trinajstić information content (AvgIpc) is 2.59. The largest absolute Gasteiger partial charge is 0.324 e. The maximum atomic E-state index is 12.4. The molecule has 1 N–H and O–H groups in total. The highest BCUT2D eigenvalue weighted by atomic mass is 16.2. The topological polar surface area (TPSA) is 67.2 Å². The van der Waals surface area contributed by atoms with E-state index in [0.717, 1.165) is 16.6 Å². The first-order chi connectivity index (χ1) is 12.0. The summed E-state index contributed by atoms with van der Waals surface area (Å²) in [5.41, 5.74) is 1.49. The number of hydrogen-bond acceptors (Lipinski definition) is 4. The van der Waals surface area contributed by atoms with E-state index >= 15 is 0 Å². The highest BCUT2D eigenvalue weighted by Crippen LogP contribution is 2.16. The van der Waals surface area contributed by atoms with E-state index in [4.69, 9.17) is 0 Å². The highest BCUT2D eigenvalue weighted by Gasteiger charge is 2.11. The summed E-state index contributed by atoms with van der Waals surface area (Å²) < 4.78 is 1.19. The Kier molecular flexibility index (Phi) is 4.90. The Bertz CT molecular complexity index is 963. The number of benzene rings is 2. The molecule has 1 aromatic heterocycles. The van der Waals surface area contributed by atoms with Crippen molar-refractivity contribution in [2.75, 3.05) is 19.4 Å². The SMILES string of the molecule is CN(C)Cc1ccccc1NC(=O)Cn1ncc2ccccc2c1=O. The van der Waals surface area contributed by atoms with Gasteiger partial charge >= 0.3 is 0 Å². The molecule has 2 aromatic carbocycles. The van der Waals surface area contributed by atoms with Gasteiger partial charge in [0.15, 0.2) is 0 Å². The van der Waals surface area contributed by atoms with E-state index in [0.29, 0.717) is 11.9 Å². The summed E-state index contributed by atoms with van der Waals surface area (Å²) in [4.78, 5) is 26.9. The molecule has 1 amide bonds. The zero-order valence-corrected chi connectivity index (χ0v) is 14.3. The Balaban J connectivity index is 1.80. The Morgan fingerprint density at radius 1 is 1.12 bits per heavy atom. The summed E-state index contributed by atoms with van der Waals surface area (Å²) in [6.07, 6.45) is 1.60. The number of anilines is 1. The molecule has 3 aromatic rings. The molecule has 0 aliphatic heterocycles. The number of nitrogens with zero attached hydrogens (tertiary/aromatic N) is 3. The second kappa shape index (κ2) is 7.27. The van der Waals surface area contributed by atoms with Crippen LogP contribution in [0, 0.1) is 0 Å². The Morgan fingerprint density at radius 3 is 2.64 bits per heavy atom. The lowest BCUT2D eigenvalue weighted by molar-refractivity contribution is -0.117. The lowest BCUT2D eigenvalue weighted by Gasteiger charge is -2.15. The number of rotatable bonds is 5. The van der Waals surface area contributed by atoms with Gasteiger partial charge in [-0.05, 0) is 31.8 Å². The van der Waals surface area contributed by atoms with Crippen LogP contribution in [0.15, 0.2) is 59.5 Å². The number of aromatic nitrogens is 2. The first-order valence-corrected chi connectivity index (χ1v) is 8.02. The van der Waals surface area contributed by atoms with Crippen molar-refractivity contribution in [3.63, 3.8) is 0 Å². The second-order valence-corrected chi connectivity index (χ2v) is 6.14. The molecule has 0 saturated heterocycles. The van der Waals surface area contributed by atoms with E-state index in [1.165, 1.54) is 4.68 Å². The molecular formula is C19H20N4O2. The van der Waals surface area contributed by atoms with Gasteiger partial charge in [0.25, 0.3) is 5.56 Å². The number of amides is 1. The van der Waals surface area contributed by atoms with Gasteiger partial charge in [0.2, 0.25) is 5.91 Å². The van der Waals surface area contributed by atoms with Gasteiger partial charge in [0.1, 0.15) is 6.54 Å². The Labute approximate surface area is 145 Å². The minimum absolute atomic E-state index is 0.125. The number of hydrogen-bond donors (Lipinski definition) is 1. The summed E-state index contributed by atoms with van der Waals surface area (Å²) in [6, 6.07) is 14.8. The Hall–Kier alpha value is -2.99. The zero-order chi connectivity index (χ0) is 17.8. The lowest BCUT2D eigenvalue weighted by Crippen LogP contribution is -2.29. The molecule has 0 radical (unpaired) electrons. The first-order valence-electron chi connectivity index (χ1n) is 8.02. The molecule has 0 fully saturated rings. The number of carbonyl (C=O) groups is 1. The van der Waals surface area contributed by atoms with Crippen LogP contribution >= 0.6 is 0 Å². The van der Waals surface area contributed by atoms with Crippen LogP contribution in [-0.2, 0) is 17.9 Å². The third-order valence-electron chi connectivity index (χ3n) is 3.83. The normalized spacial score (nSPS) is 11.0. The average molecular weight is 336 g/mol. The number of para-hydroxylation sites is 1. The summed E-state index contributed by atoms with van der Waals surface area (Å²) >= 11 is 0. The van der Waals surface area contributed by atoms with Crippen LogP contribution in [0.2, 0.25) is 0 Å². The fourth-order valence-electron chi connectivity index (χ4n) is 2.69. The van der Waals surface area contributed by atoms with E-state index in [2.05, 4.69) is 10.4 Å². The molecule has 6 heteroatoms. The number of carbonyl (C=O) groups excluding carboxylic acids is 1. The van der Waals surface area contributed by atoms with Crippen molar-refractivity contribution in [1.82, 2.24) is 14.7 Å². The van der Waals surface area contributed by atoms with E-state index in [9.17, 15) is 9.59 Å². The quantitative estimate of drug-likeness (QED) is 0.775. The molecule has 0 aliphatic carbocycles. The molecule has 0 unspecified atom stereocenters. The fourth-order valence-corrected chi connectivity index (χ4v) is 2.69. The van der Waals surface area contributed by atoms with Gasteiger partial charge in [0, 0.05) is 17.6 Å². The van der Waals surface area contributed by atoms with Crippen LogP contribution in [0.25, 0.3) is 10.8 Å². The molecular weight excluding hydrogens is 316 g/mol. The minimum Gasteiger partial charge on any atom is -0.324 e. The molecule has 1 heterocycles. The summed E-state index contributed by atoms with van der Waals surface area (Å²) in [5.74, 6) is -0.281. The maximum absolute atomic E-state index is 12.4. The van der Waals surface area contributed by atoms with Crippen molar-refractivity contribution in [3.05, 3.63) is 70.6 Å². The summed E-state index contributed by atoms with van der Waals surface area (Å²) in [6.45, 7) is 0.588. The van der Waals surface area contributed by atoms with Gasteiger partial charge in [-0.25, -0.2) is 4.68 Å². The molecule has 3 rings (SSSR count). The monoisotopic (exact) mass is 336 g/mol. The molecule has 25 heavy (non-hydrogen) atoms. The zero-order valence-electron chi connectivity index (χ0n) is 14.3.